The first kappa shape index (κ1) is 15.7. The van der Waals surface area contributed by atoms with E-state index in [1.807, 2.05) is 0 Å². The van der Waals surface area contributed by atoms with Gasteiger partial charge in [-0.1, -0.05) is 0 Å². The van der Waals surface area contributed by atoms with Crippen molar-refractivity contribution in [3.05, 3.63) is 16.1 Å². The third-order valence-corrected chi connectivity index (χ3v) is 4.68. The van der Waals surface area contributed by atoms with Gasteiger partial charge in [0.15, 0.2) is 0 Å². The van der Waals surface area contributed by atoms with Crippen molar-refractivity contribution in [2.45, 2.75) is 13.1 Å². The number of hydrogen-bond donors (Lipinski definition) is 1. The van der Waals surface area contributed by atoms with Crippen molar-refractivity contribution < 1.29 is 14.3 Å². The van der Waals surface area contributed by atoms with Gasteiger partial charge in [-0.2, -0.15) is 0 Å². The van der Waals surface area contributed by atoms with Gasteiger partial charge < -0.3 is 19.7 Å². The molecule has 2 aliphatic rings. The maximum atomic E-state index is 12.0. The van der Waals surface area contributed by atoms with Gasteiger partial charge in [-0.05, 0) is 0 Å². The number of hydrogen-bond acceptors (Lipinski definition) is 6. The standard InChI is InChI=1S/C14H22N4O3S/c19-14(18-3-7-21-8-4-18)15-9-13-16-12(11-22-13)10-17-1-5-20-6-2-17/h11H,1-10H2,(H,15,19). The third kappa shape index (κ3) is 4.39. The van der Waals surface area contributed by atoms with Crippen LogP contribution in [0.4, 0.5) is 4.79 Å². The highest BCUT2D eigenvalue weighted by Gasteiger charge is 2.17. The number of ether oxygens (including phenoxy) is 2. The Bertz CT molecular complexity index is 484. The van der Waals surface area contributed by atoms with Gasteiger partial charge in [0.1, 0.15) is 5.01 Å². The smallest absolute Gasteiger partial charge is 0.317 e. The van der Waals surface area contributed by atoms with Crippen LogP contribution >= 0.6 is 11.3 Å². The fraction of sp³-hybridized carbons (Fsp3) is 0.714. The van der Waals surface area contributed by atoms with E-state index < -0.39 is 0 Å². The second kappa shape index (κ2) is 7.87. The van der Waals surface area contributed by atoms with Gasteiger partial charge in [-0.15, -0.1) is 11.3 Å². The van der Waals surface area contributed by atoms with Gasteiger partial charge >= 0.3 is 6.03 Å². The summed E-state index contributed by atoms with van der Waals surface area (Å²) < 4.78 is 10.6. The first-order chi connectivity index (χ1) is 10.8. The molecule has 0 radical (unpaired) electrons. The van der Waals surface area contributed by atoms with Gasteiger partial charge in [0, 0.05) is 38.1 Å². The molecule has 2 saturated heterocycles. The summed E-state index contributed by atoms with van der Waals surface area (Å²) >= 11 is 1.60. The summed E-state index contributed by atoms with van der Waals surface area (Å²) in [6.07, 6.45) is 0. The van der Waals surface area contributed by atoms with E-state index in [2.05, 4.69) is 20.6 Å². The third-order valence-electron chi connectivity index (χ3n) is 3.78. The normalized spacial score (nSPS) is 20.1. The van der Waals surface area contributed by atoms with Gasteiger partial charge in [-0.25, -0.2) is 9.78 Å². The van der Waals surface area contributed by atoms with E-state index in [1.165, 1.54) is 0 Å². The summed E-state index contributed by atoms with van der Waals surface area (Å²) in [4.78, 5) is 20.7. The highest BCUT2D eigenvalue weighted by atomic mass is 32.1. The number of rotatable bonds is 4. The zero-order valence-electron chi connectivity index (χ0n) is 12.6. The zero-order valence-corrected chi connectivity index (χ0v) is 13.4. The lowest BCUT2D eigenvalue weighted by Gasteiger charge is -2.26. The predicted octanol–water partition coefficient (Wildman–Crippen LogP) is 0.517. The van der Waals surface area contributed by atoms with Crippen LogP contribution < -0.4 is 5.32 Å². The van der Waals surface area contributed by atoms with Crippen LogP contribution in [-0.4, -0.2) is 73.4 Å². The molecule has 3 heterocycles. The number of urea groups is 1. The fourth-order valence-corrected chi connectivity index (χ4v) is 3.25. The molecule has 8 heteroatoms. The molecule has 0 saturated carbocycles. The maximum Gasteiger partial charge on any atom is 0.317 e. The van der Waals surface area contributed by atoms with E-state index in [0.29, 0.717) is 32.8 Å². The Morgan fingerprint density at radius 2 is 1.86 bits per heavy atom. The van der Waals surface area contributed by atoms with Gasteiger partial charge in [-0.3, -0.25) is 4.90 Å². The molecule has 2 aliphatic heterocycles. The van der Waals surface area contributed by atoms with Crippen LogP contribution in [0.25, 0.3) is 0 Å². The van der Waals surface area contributed by atoms with Crippen LogP contribution in [0.1, 0.15) is 10.7 Å². The summed E-state index contributed by atoms with van der Waals surface area (Å²) in [5.74, 6) is 0. The molecular weight excluding hydrogens is 304 g/mol. The van der Waals surface area contributed by atoms with E-state index in [9.17, 15) is 4.79 Å². The topological polar surface area (TPSA) is 66.9 Å². The molecule has 0 atom stereocenters. The molecule has 2 fully saturated rings. The van der Waals surface area contributed by atoms with Crippen molar-refractivity contribution >= 4 is 17.4 Å². The lowest BCUT2D eigenvalue weighted by atomic mass is 10.3. The Kier molecular flexibility index (Phi) is 5.60. The molecule has 0 aromatic carbocycles. The largest absolute Gasteiger partial charge is 0.379 e. The lowest BCUT2D eigenvalue weighted by molar-refractivity contribution is 0.0337. The maximum absolute atomic E-state index is 12.0. The SMILES string of the molecule is O=C(NCc1nc(CN2CCOCC2)cs1)N1CCOCC1. The summed E-state index contributed by atoms with van der Waals surface area (Å²) in [5, 5.41) is 5.96. The molecule has 1 aromatic rings. The van der Waals surface area contributed by atoms with Crippen LogP contribution in [-0.2, 0) is 22.6 Å². The molecule has 0 aliphatic carbocycles. The average molecular weight is 326 g/mol. The van der Waals surface area contributed by atoms with Crippen molar-refractivity contribution in [1.29, 1.82) is 0 Å². The number of carbonyl (C=O) groups excluding carboxylic acids is 1. The molecule has 1 aromatic heterocycles. The van der Waals surface area contributed by atoms with E-state index >= 15 is 0 Å². The second-order valence-corrected chi connectivity index (χ2v) is 6.32. The zero-order chi connectivity index (χ0) is 15.2. The van der Waals surface area contributed by atoms with E-state index in [4.69, 9.17) is 9.47 Å². The summed E-state index contributed by atoms with van der Waals surface area (Å²) in [6.45, 7) is 7.42. The molecule has 22 heavy (non-hydrogen) atoms. The van der Waals surface area contributed by atoms with Gasteiger partial charge in [0.2, 0.25) is 0 Å². The monoisotopic (exact) mass is 326 g/mol. The number of morpholine rings is 2. The van der Waals surface area contributed by atoms with Crippen LogP contribution in [0.5, 0.6) is 0 Å². The lowest BCUT2D eigenvalue weighted by Crippen LogP contribution is -2.45. The molecule has 7 nitrogen and oxygen atoms in total. The Morgan fingerprint density at radius 3 is 2.59 bits per heavy atom. The van der Waals surface area contributed by atoms with Crippen molar-refractivity contribution in [2.75, 3.05) is 52.6 Å². The number of nitrogens with zero attached hydrogens (tertiary/aromatic N) is 3. The number of amides is 2. The molecule has 3 rings (SSSR count). The predicted molar refractivity (Wildman–Crippen MR) is 82.8 cm³/mol. The molecule has 0 unspecified atom stereocenters. The van der Waals surface area contributed by atoms with Crippen molar-refractivity contribution in [2.24, 2.45) is 0 Å². The number of carbonyl (C=O) groups is 1. The molecular formula is C14H22N4O3S. The van der Waals surface area contributed by atoms with Crippen molar-refractivity contribution in [3.63, 3.8) is 0 Å². The van der Waals surface area contributed by atoms with E-state index in [-0.39, 0.29) is 6.03 Å². The Labute approximate surface area is 134 Å². The minimum Gasteiger partial charge on any atom is -0.379 e. The number of thiazole rings is 1. The number of nitrogens with one attached hydrogen (secondary N) is 1. The van der Waals surface area contributed by atoms with Crippen molar-refractivity contribution in [3.8, 4) is 0 Å². The molecule has 0 spiro atoms. The van der Waals surface area contributed by atoms with Gasteiger partial charge in [0.05, 0.1) is 38.7 Å². The van der Waals surface area contributed by atoms with Crippen LogP contribution in [0, 0.1) is 0 Å². The van der Waals surface area contributed by atoms with Gasteiger partial charge in [0.25, 0.3) is 0 Å². The summed E-state index contributed by atoms with van der Waals surface area (Å²) in [5.41, 5.74) is 1.07. The molecule has 1 N–H and O–H groups in total. The Morgan fingerprint density at radius 1 is 1.18 bits per heavy atom. The molecule has 2 amide bonds. The minimum atomic E-state index is -0.0340. The van der Waals surface area contributed by atoms with Crippen LogP contribution in [0.3, 0.4) is 0 Å². The van der Waals surface area contributed by atoms with Crippen molar-refractivity contribution in [1.82, 2.24) is 20.1 Å². The Hall–Kier alpha value is -1.22. The highest BCUT2D eigenvalue weighted by Crippen LogP contribution is 2.13. The fourth-order valence-electron chi connectivity index (χ4n) is 2.52. The van der Waals surface area contributed by atoms with Crippen LogP contribution in [0.15, 0.2) is 5.38 Å². The first-order valence-electron chi connectivity index (χ1n) is 7.65. The first-order valence-corrected chi connectivity index (χ1v) is 8.53. The molecule has 122 valence electrons. The average Bonchev–Trinajstić information content (AvgIpc) is 3.02. The summed E-state index contributed by atoms with van der Waals surface area (Å²) in [7, 11) is 0. The quantitative estimate of drug-likeness (QED) is 0.874. The van der Waals surface area contributed by atoms with E-state index in [1.54, 1.807) is 16.2 Å². The molecule has 0 bridgehead atoms. The number of aromatic nitrogens is 1. The Balaban J connectivity index is 1.43. The second-order valence-electron chi connectivity index (χ2n) is 5.38. The minimum absolute atomic E-state index is 0.0340. The highest BCUT2D eigenvalue weighted by molar-refractivity contribution is 7.09. The van der Waals surface area contributed by atoms with Crippen LogP contribution in [0.2, 0.25) is 0 Å². The summed E-state index contributed by atoms with van der Waals surface area (Å²) in [6, 6.07) is -0.0340. The van der Waals surface area contributed by atoms with E-state index in [0.717, 1.165) is 43.5 Å².